The number of aromatic nitrogens is 3. The lowest BCUT2D eigenvalue weighted by Crippen LogP contribution is -2.32. The lowest BCUT2D eigenvalue weighted by molar-refractivity contribution is -0.137. The van der Waals surface area contributed by atoms with Gasteiger partial charge in [-0.05, 0) is 43.9 Å². The number of hydrogen-bond donors (Lipinski definition) is 1. The maximum atomic E-state index is 14.9. The van der Waals surface area contributed by atoms with Crippen LogP contribution in [0.15, 0.2) is 43.0 Å². The predicted molar refractivity (Wildman–Crippen MR) is 124 cm³/mol. The van der Waals surface area contributed by atoms with Gasteiger partial charge in [0.2, 0.25) is 5.91 Å². The number of sulfone groups is 1. The van der Waals surface area contributed by atoms with Crippen molar-refractivity contribution in [2.24, 2.45) is 5.92 Å². The number of carbonyl (C=O) groups is 1. The Morgan fingerprint density at radius 1 is 1.24 bits per heavy atom. The fourth-order valence-electron chi connectivity index (χ4n) is 4.63. The zero-order valence-corrected chi connectivity index (χ0v) is 20.4. The van der Waals surface area contributed by atoms with Gasteiger partial charge in [0.1, 0.15) is 23.4 Å². The summed E-state index contributed by atoms with van der Waals surface area (Å²) in [6, 6.07) is 4.20. The third-order valence-electron chi connectivity index (χ3n) is 6.88. The number of benzene rings is 1. The highest BCUT2D eigenvalue weighted by Crippen LogP contribution is 2.40. The second-order valence-corrected chi connectivity index (χ2v) is 11.9. The van der Waals surface area contributed by atoms with Crippen LogP contribution in [0.3, 0.4) is 0 Å². The van der Waals surface area contributed by atoms with Crippen LogP contribution in [0.5, 0.6) is 5.75 Å². The van der Waals surface area contributed by atoms with Crippen LogP contribution in [0, 0.1) is 11.7 Å². The molecule has 1 amide bonds. The molecule has 8 nitrogen and oxygen atoms in total. The highest BCUT2D eigenvalue weighted by molar-refractivity contribution is 7.92. The molecule has 0 bridgehead atoms. The van der Waals surface area contributed by atoms with Gasteiger partial charge >= 0.3 is 6.18 Å². The molecule has 2 atom stereocenters. The van der Waals surface area contributed by atoms with Gasteiger partial charge in [0.25, 0.3) is 0 Å². The van der Waals surface area contributed by atoms with Gasteiger partial charge in [0, 0.05) is 12.3 Å². The molecule has 1 N–H and O–H groups in total. The topological polar surface area (TPSA) is 103 Å². The number of amides is 1. The molecule has 5 rings (SSSR count). The third-order valence-corrected chi connectivity index (χ3v) is 9.50. The van der Waals surface area contributed by atoms with Crippen LogP contribution < -0.4 is 10.1 Å². The Balaban J connectivity index is 1.28. The first-order valence-electron chi connectivity index (χ1n) is 11.4. The Labute approximate surface area is 209 Å². The molecule has 3 aromatic rings. The van der Waals surface area contributed by atoms with Crippen molar-refractivity contribution in [2.75, 3.05) is 17.7 Å². The molecule has 1 saturated heterocycles. The molecule has 2 aliphatic heterocycles. The van der Waals surface area contributed by atoms with Gasteiger partial charge in [0.05, 0.1) is 34.8 Å². The van der Waals surface area contributed by atoms with Crippen molar-refractivity contribution >= 4 is 21.4 Å². The van der Waals surface area contributed by atoms with E-state index in [4.69, 9.17) is 4.74 Å². The lowest BCUT2D eigenvalue weighted by atomic mass is 9.95. The molecular weight excluding hydrogens is 516 g/mol. The first-order chi connectivity index (χ1) is 17.4. The number of fused-ring (bicyclic) bond motifs is 1. The normalized spacial score (nSPS) is 22.8. The van der Waals surface area contributed by atoms with E-state index in [9.17, 15) is 30.8 Å². The smallest absolute Gasteiger partial charge is 0.416 e. The number of rotatable bonds is 4. The zero-order valence-electron chi connectivity index (χ0n) is 19.5. The zero-order chi connectivity index (χ0) is 26.6. The Morgan fingerprint density at radius 3 is 2.70 bits per heavy atom. The molecule has 196 valence electrons. The Bertz CT molecular complexity index is 1490. The SMILES string of the molecule is CC1(c2cn(-c3ncc(NC(=O)C4COc5cc(C(F)(F)F)ccc5C4)cc3F)cn2)CCCS1(=O)=O. The molecule has 4 heterocycles. The van der Waals surface area contributed by atoms with Gasteiger partial charge in [-0.3, -0.25) is 9.36 Å². The summed E-state index contributed by atoms with van der Waals surface area (Å²) in [4.78, 5) is 21.0. The molecule has 37 heavy (non-hydrogen) atoms. The first kappa shape index (κ1) is 25.2. The number of nitrogens with one attached hydrogen (secondary N) is 1. The van der Waals surface area contributed by atoms with Crippen LogP contribution in [-0.2, 0) is 32.0 Å². The number of halogens is 4. The summed E-state index contributed by atoms with van der Waals surface area (Å²) in [5, 5.41) is 2.56. The summed E-state index contributed by atoms with van der Waals surface area (Å²) in [6.45, 7) is 1.47. The lowest BCUT2D eigenvalue weighted by Gasteiger charge is -2.25. The molecule has 2 aromatic heterocycles. The molecule has 13 heteroatoms. The summed E-state index contributed by atoms with van der Waals surface area (Å²) in [7, 11) is -3.37. The van der Waals surface area contributed by atoms with Crippen molar-refractivity contribution in [1.29, 1.82) is 0 Å². The van der Waals surface area contributed by atoms with E-state index in [0.29, 0.717) is 24.1 Å². The molecule has 0 spiro atoms. The largest absolute Gasteiger partial charge is 0.492 e. The summed E-state index contributed by atoms with van der Waals surface area (Å²) in [5.41, 5.74) is 0.0198. The van der Waals surface area contributed by atoms with Crippen molar-refractivity contribution in [1.82, 2.24) is 14.5 Å². The average molecular weight is 539 g/mol. The van der Waals surface area contributed by atoms with Crippen LogP contribution in [0.2, 0.25) is 0 Å². The summed E-state index contributed by atoms with van der Waals surface area (Å²) >= 11 is 0. The van der Waals surface area contributed by atoms with E-state index in [1.54, 1.807) is 6.92 Å². The van der Waals surface area contributed by atoms with Crippen molar-refractivity contribution in [3.05, 3.63) is 65.6 Å². The maximum absolute atomic E-state index is 14.9. The highest BCUT2D eigenvalue weighted by atomic mass is 32.2. The molecule has 0 saturated carbocycles. The average Bonchev–Trinajstić information content (AvgIpc) is 3.43. The fourth-order valence-corrected chi connectivity index (χ4v) is 6.48. The van der Waals surface area contributed by atoms with Crippen LogP contribution in [0.1, 0.15) is 36.6 Å². The van der Waals surface area contributed by atoms with Crippen molar-refractivity contribution in [2.45, 2.75) is 37.1 Å². The first-order valence-corrected chi connectivity index (χ1v) is 13.1. The molecule has 2 unspecified atom stereocenters. The fraction of sp³-hybridized carbons (Fsp3) is 0.375. The molecule has 0 aliphatic carbocycles. The molecule has 0 radical (unpaired) electrons. The molecule has 1 aromatic carbocycles. The summed E-state index contributed by atoms with van der Waals surface area (Å²) in [5.74, 6) is -1.93. The van der Waals surface area contributed by atoms with E-state index in [1.807, 2.05) is 0 Å². The number of hydrogen-bond acceptors (Lipinski definition) is 6. The third kappa shape index (κ3) is 4.56. The predicted octanol–water partition coefficient (Wildman–Crippen LogP) is 4.04. The minimum atomic E-state index is -4.50. The number of carbonyl (C=O) groups excluding carboxylic acids is 1. The number of anilines is 1. The Morgan fingerprint density at radius 2 is 2.03 bits per heavy atom. The Hall–Kier alpha value is -3.48. The van der Waals surface area contributed by atoms with E-state index < -0.39 is 44.0 Å². The number of pyridine rings is 1. The van der Waals surface area contributed by atoms with E-state index in [2.05, 4.69) is 15.3 Å². The molecular formula is C24H22F4N4O4S. The van der Waals surface area contributed by atoms with Gasteiger partial charge in [-0.15, -0.1) is 0 Å². The second kappa shape index (κ2) is 8.82. The molecule has 2 aliphatic rings. The van der Waals surface area contributed by atoms with Gasteiger partial charge in [-0.25, -0.2) is 22.8 Å². The number of imidazole rings is 1. The summed E-state index contributed by atoms with van der Waals surface area (Å²) in [6.07, 6.45) is 0.585. The van der Waals surface area contributed by atoms with Crippen LogP contribution in [-0.4, -0.2) is 41.2 Å². The number of alkyl halides is 3. The highest BCUT2D eigenvalue weighted by Gasteiger charge is 2.46. The van der Waals surface area contributed by atoms with E-state index in [1.165, 1.54) is 29.4 Å². The van der Waals surface area contributed by atoms with Crippen molar-refractivity contribution < 1.29 is 35.5 Å². The second-order valence-electron chi connectivity index (χ2n) is 9.37. The van der Waals surface area contributed by atoms with Gasteiger partial charge in [-0.1, -0.05) is 6.07 Å². The van der Waals surface area contributed by atoms with Crippen molar-refractivity contribution in [3.8, 4) is 11.6 Å². The minimum absolute atomic E-state index is 0.0730. The maximum Gasteiger partial charge on any atom is 0.416 e. The van der Waals surface area contributed by atoms with Crippen LogP contribution in [0.25, 0.3) is 5.82 Å². The minimum Gasteiger partial charge on any atom is -0.492 e. The van der Waals surface area contributed by atoms with Gasteiger partial charge < -0.3 is 10.1 Å². The molecule has 1 fully saturated rings. The van der Waals surface area contributed by atoms with E-state index in [0.717, 1.165) is 18.2 Å². The summed E-state index contributed by atoms with van der Waals surface area (Å²) < 4.78 is 84.1. The van der Waals surface area contributed by atoms with Crippen LogP contribution in [0.4, 0.5) is 23.2 Å². The monoisotopic (exact) mass is 538 g/mol. The van der Waals surface area contributed by atoms with Crippen LogP contribution >= 0.6 is 0 Å². The Kier molecular flexibility index (Phi) is 6.00. The van der Waals surface area contributed by atoms with Gasteiger partial charge in [0.15, 0.2) is 21.5 Å². The quantitative estimate of drug-likeness (QED) is 0.503. The van der Waals surface area contributed by atoms with Gasteiger partial charge in [-0.2, -0.15) is 13.2 Å². The number of nitrogens with zero attached hydrogens (tertiary/aromatic N) is 3. The van der Waals surface area contributed by atoms with Crippen molar-refractivity contribution in [3.63, 3.8) is 0 Å². The standard InChI is InChI=1S/C24H22F4N4O4S/c1-23(5-2-6-37(23,34)35)20-11-32(13-30-20)21-18(25)9-17(10-29-21)31-22(33)15-7-14-3-4-16(24(26,27)28)8-19(14)36-12-15/h3-4,8-11,13,15H,2,5-7,12H2,1H3,(H,31,33). The van der Waals surface area contributed by atoms with E-state index >= 15 is 0 Å². The number of ether oxygens (including phenoxy) is 1. The van der Waals surface area contributed by atoms with E-state index in [-0.39, 0.29) is 36.0 Å².